The van der Waals surface area contributed by atoms with Crippen molar-refractivity contribution in [2.75, 3.05) is 13.2 Å². The molecule has 0 saturated carbocycles. The number of carbonyl (C=O) groups is 1. The number of nitrogens with zero attached hydrogens (tertiary/aromatic N) is 1. The maximum atomic E-state index is 12.3. The van der Waals surface area contributed by atoms with E-state index in [4.69, 9.17) is 14.0 Å². The Labute approximate surface area is 134 Å². The Bertz CT molecular complexity index is 704. The second-order valence-corrected chi connectivity index (χ2v) is 5.67. The topological polar surface area (TPSA) is 73.6 Å². The summed E-state index contributed by atoms with van der Waals surface area (Å²) in [4.78, 5) is 12.3. The van der Waals surface area contributed by atoms with Crippen LogP contribution < -0.4 is 14.8 Å². The second kappa shape index (κ2) is 6.32. The molecule has 2 heterocycles. The van der Waals surface area contributed by atoms with Crippen molar-refractivity contribution in [2.45, 2.75) is 33.2 Å². The van der Waals surface area contributed by atoms with E-state index in [0.717, 1.165) is 28.3 Å². The van der Waals surface area contributed by atoms with Crippen LogP contribution in [-0.4, -0.2) is 24.3 Å². The highest BCUT2D eigenvalue weighted by atomic mass is 16.6. The molecule has 1 aromatic heterocycles. The Morgan fingerprint density at radius 1 is 1.26 bits per heavy atom. The minimum Gasteiger partial charge on any atom is -0.486 e. The summed E-state index contributed by atoms with van der Waals surface area (Å²) in [6.07, 6.45) is 0.260. The van der Waals surface area contributed by atoms with Gasteiger partial charge in [-0.15, -0.1) is 0 Å². The van der Waals surface area contributed by atoms with Crippen molar-refractivity contribution >= 4 is 5.91 Å². The van der Waals surface area contributed by atoms with Gasteiger partial charge in [-0.2, -0.15) is 0 Å². The lowest BCUT2D eigenvalue weighted by atomic mass is 10.1. The highest BCUT2D eigenvalue weighted by Gasteiger charge is 2.18. The molecule has 1 atom stereocenters. The van der Waals surface area contributed by atoms with Crippen LogP contribution in [-0.2, 0) is 11.2 Å². The van der Waals surface area contributed by atoms with E-state index in [1.165, 1.54) is 0 Å². The molecular formula is C17H20N2O4. The number of nitrogens with one attached hydrogen (secondary N) is 1. The first-order valence-corrected chi connectivity index (χ1v) is 7.65. The molecule has 23 heavy (non-hydrogen) atoms. The number of rotatable bonds is 4. The second-order valence-electron chi connectivity index (χ2n) is 5.67. The number of aryl methyl sites for hydroxylation is 2. The van der Waals surface area contributed by atoms with E-state index in [-0.39, 0.29) is 18.4 Å². The van der Waals surface area contributed by atoms with Gasteiger partial charge in [-0.05, 0) is 38.5 Å². The Morgan fingerprint density at radius 2 is 2.00 bits per heavy atom. The van der Waals surface area contributed by atoms with E-state index in [0.29, 0.717) is 19.0 Å². The van der Waals surface area contributed by atoms with Crippen molar-refractivity contribution in [1.29, 1.82) is 0 Å². The zero-order valence-corrected chi connectivity index (χ0v) is 13.5. The highest BCUT2D eigenvalue weighted by molar-refractivity contribution is 5.79. The van der Waals surface area contributed by atoms with Gasteiger partial charge in [0.2, 0.25) is 5.91 Å². The molecule has 1 amide bonds. The molecule has 6 nitrogen and oxygen atoms in total. The molecule has 0 radical (unpaired) electrons. The first-order valence-electron chi connectivity index (χ1n) is 7.65. The van der Waals surface area contributed by atoms with Crippen LogP contribution in [0, 0.1) is 13.8 Å². The molecule has 0 fully saturated rings. The van der Waals surface area contributed by atoms with Crippen molar-refractivity contribution in [1.82, 2.24) is 10.5 Å². The summed E-state index contributed by atoms with van der Waals surface area (Å²) in [5, 5.41) is 6.86. The standard InChI is InChI=1S/C17H20N2O4/c1-10(13-4-5-15-16(8-13)22-7-6-21-15)18-17(20)9-14-11(2)19-23-12(14)3/h4-5,8,10H,6-7,9H2,1-3H3,(H,18,20)/t10-/m0/s1. The van der Waals surface area contributed by atoms with Gasteiger partial charge in [0.05, 0.1) is 18.2 Å². The van der Waals surface area contributed by atoms with Crippen LogP contribution in [0.15, 0.2) is 22.7 Å². The largest absolute Gasteiger partial charge is 0.486 e. The van der Waals surface area contributed by atoms with Crippen LogP contribution in [0.25, 0.3) is 0 Å². The Morgan fingerprint density at radius 3 is 2.70 bits per heavy atom. The number of benzene rings is 1. The number of aromatic nitrogens is 1. The Hall–Kier alpha value is -2.50. The normalized spacial score (nSPS) is 14.4. The van der Waals surface area contributed by atoms with Gasteiger partial charge in [0, 0.05) is 5.56 Å². The summed E-state index contributed by atoms with van der Waals surface area (Å²) < 4.78 is 16.2. The van der Waals surface area contributed by atoms with Crippen molar-refractivity contribution in [3.8, 4) is 11.5 Å². The number of hydrogen-bond acceptors (Lipinski definition) is 5. The van der Waals surface area contributed by atoms with E-state index >= 15 is 0 Å². The Kier molecular flexibility index (Phi) is 4.23. The minimum atomic E-state index is -0.126. The molecule has 122 valence electrons. The summed E-state index contributed by atoms with van der Waals surface area (Å²) in [6, 6.07) is 5.60. The lowest BCUT2D eigenvalue weighted by Gasteiger charge is -2.21. The zero-order valence-electron chi connectivity index (χ0n) is 13.5. The van der Waals surface area contributed by atoms with E-state index in [1.807, 2.05) is 39.0 Å². The lowest BCUT2D eigenvalue weighted by Crippen LogP contribution is -2.28. The van der Waals surface area contributed by atoms with Gasteiger partial charge in [-0.1, -0.05) is 11.2 Å². The molecule has 1 aliphatic heterocycles. The molecule has 0 saturated heterocycles. The summed E-state index contributed by atoms with van der Waals surface area (Å²) in [5.74, 6) is 2.08. The average Bonchev–Trinajstić information content (AvgIpc) is 2.86. The zero-order chi connectivity index (χ0) is 16.4. The Balaban J connectivity index is 1.66. The SMILES string of the molecule is Cc1noc(C)c1CC(=O)N[C@@H](C)c1ccc2c(c1)OCCO2. The predicted molar refractivity (Wildman–Crippen MR) is 83.7 cm³/mol. The number of amides is 1. The molecule has 1 N–H and O–H groups in total. The van der Waals surface area contributed by atoms with Gasteiger partial charge in [-0.3, -0.25) is 4.79 Å². The maximum absolute atomic E-state index is 12.3. The third kappa shape index (κ3) is 3.31. The molecule has 0 spiro atoms. The van der Waals surface area contributed by atoms with E-state index in [1.54, 1.807) is 0 Å². The third-order valence-electron chi connectivity index (χ3n) is 3.96. The molecule has 0 bridgehead atoms. The van der Waals surface area contributed by atoms with Crippen LogP contribution in [0.5, 0.6) is 11.5 Å². The lowest BCUT2D eigenvalue weighted by molar-refractivity contribution is -0.121. The average molecular weight is 316 g/mol. The van der Waals surface area contributed by atoms with Gasteiger partial charge >= 0.3 is 0 Å². The summed E-state index contributed by atoms with van der Waals surface area (Å²) in [6.45, 7) is 6.70. The van der Waals surface area contributed by atoms with Crippen LogP contribution in [0.2, 0.25) is 0 Å². The fourth-order valence-corrected chi connectivity index (χ4v) is 2.62. The fraction of sp³-hybridized carbons (Fsp3) is 0.412. The predicted octanol–water partition coefficient (Wildman–Crippen LogP) is 2.48. The summed E-state index contributed by atoms with van der Waals surface area (Å²) >= 11 is 0. The van der Waals surface area contributed by atoms with Crippen LogP contribution >= 0.6 is 0 Å². The molecule has 6 heteroatoms. The molecule has 0 aliphatic carbocycles. The molecule has 2 aromatic rings. The van der Waals surface area contributed by atoms with Crippen LogP contribution in [0.1, 0.15) is 35.5 Å². The highest BCUT2D eigenvalue weighted by Crippen LogP contribution is 2.32. The molecule has 1 aliphatic rings. The first-order chi connectivity index (χ1) is 11.0. The number of ether oxygens (including phenoxy) is 2. The quantitative estimate of drug-likeness (QED) is 0.938. The van der Waals surface area contributed by atoms with Gasteiger partial charge in [0.25, 0.3) is 0 Å². The van der Waals surface area contributed by atoms with Crippen LogP contribution in [0.4, 0.5) is 0 Å². The van der Waals surface area contributed by atoms with Gasteiger partial charge in [0.1, 0.15) is 19.0 Å². The van der Waals surface area contributed by atoms with E-state index < -0.39 is 0 Å². The summed E-state index contributed by atoms with van der Waals surface area (Å²) in [7, 11) is 0. The number of fused-ring (bicyclic) bond motifs is 1. The van der Waals surface area contributed by atoms with Gasteiger partial charge < -0.3 is 19.3 Å². The number of carbonyl (C=O) groups excluding carboxylic acids is 1. The molecular weight excluding hydrogens is 296 g/mol. The van der Waals surface area contributed by atoms with Crippen molar-refractivity contribution in [3.05, 3.63) is 40.8 Å². The minimum absolute atomic E-state index is 0.0678. The van der Waals surface area contributed by atoms with Gasteiger partial charge in [-0.25, -0.2) is 0 Å². The number of hydrogen-bond donors (Lipinski definition) is 1. The molecule has 1 aromatic carbocycles. The molecule has 0 unspecified atom stereocenters. The van der Waals surface area contributed by atoms with E-state index in [2.05, 4.69) is 10.5 Å². The first kappa shape index (κ1) is 15.4. The van der Waals surface area contributed by atoms with Crippen molar-refractivity contribution in [3.63, 3.8) is 0 Å². The summed E-state index contributed by atoms with van der Waals surface area (Å²) in [5.41, 5.74) is 2.57. The smallest absolute Gasteiger partial charge is 0.225 e. The maximum Gasteiger partial charge on any atom is 0.225 e. The monoisotopic (exact) mass is 316 g/mol. The van der Waals surface area contributed by atoms with Crippen LogP contribution in [0.3, 0.4) is 0 Å². The molecule has 3 rings (SSSR count). The van der Waals surface area contributed by atoms with Crippen molar-refractivity contribution in [2.24, 2.45) is 0 Å². The third-order valence-corrected chi connectivity index (χ3v) is 3.96. The van der Waals surface area contributed by atoms with Crippen molar-refractivity contribution < 1.29 is 18.8 Å². The fourth-order valence-electron chi connectivity index (χ4n) is 2.62. The van der Waals surface area contributed by atoms with Gasteiger partial charge in [0.15, 0.2) is 11.5 Å². The van der Waals surface area contributed by atoms with E-state index in [9.17, 15) is 4.79 Å².